The van der Waals surface area contributed by atoms with Gasteiger partial charge in [0, 0.05) is 4.88 Å². The van der Waals surface area contributed by atoms with E-state index in [1.54, 1.807) is 0 Å². The molecule has 1 saturated heterocycles. The molecule has 4 atom stereocenters. The van der Waals surface area contributed by atoms with E-state index >= 15 is 0 Å². The van der Waals surface area contributed by atoms with Crippen LogP contribution < -0.4 is 4.90 Å². The van der Waals surface area contributed by atoms with Crippen molar-refractivity contribution in [2.24, 2.45) is 22.7 Å². The summed E-state index contributed by atoms with van der Waals surface area (Å²) >= 11 is 1.42. The summed E-state index contributed by atoms with van der Waals surface area (Å²) in [5.41, 5.74) is 2.80. The molecule has 200 valence electrons. The maximum absolute atomic E-state index is 14.8. The molecule has 2 aromatic carbocycles. The van der Waals surface area contributed by atoms with Crippen LogP contribution in [0.5, 0.6) is 0 Å². The lowest BCUT2D eigenvalue weighted by Crippen LogP contribution is -2.41. The number of imide groups is 1. The molecule has 4 aliphatic rings. The third-order valence-corrected chi connectivity index (χ3v) is 11.1. The molecule has 6 heteroatoms. The summed E-state index contributed by atoms with van der Waals surface area (Å²) in [6, 6.07) is 22.1. The second-order valence-electron chi connectivity index (χ2n) is 11.7. The smallest absolute Gasteiger partial charge is 0.239 e. The number of benzene rings is 2. The lowest BCUT2D eigenvalue weighted by Gasteiger charge is -2.37. The van der Waals surface area contributed by atoms with Crippen molar-refractivity contribution < 1.29 is 14.4 Å². The van der Waals surface area contributed by atoms with Crippen molar-refractivity contribution in [1.29, 1.82) is 5.26 Å². The van der Waals surface area contributed by atoms with Crippen molar-refractivity contribution in [3.63, 3.8) is 0 Å². The predicted molar refractivity (Wildman–Crippen MR) is 155 cm³/mol. The minimum absolute atomic E-state index is 0.0121. The van der Waals surface area contributed by atoms with Crippen molar-refractivity contribution in [3.05, 3.63) is 87.8 Å². The zero-order valence-corrected chi connectivity index (χ0v) is 23.5. The number of ketones is 1. The quantitative estimate of drug-likeness (QED) is 0.338. The molecule has 3 aliphatic carbocycles. The summed E-state index contributed by atoms with van der Waals surface area (Å²) in [6.45, 7) is 3.93. The number of allylic oxidation sites excluding steroid dienone is 2. The van der Waals surface area contributed by atoms with Crippen LogP contribution >= 0.6 is 11.3 Å². The molecule has 3 aromatic rings. The van der Waals surface area contributed by atoms with Gasteiger partial charge < -0.3 is 0 Å². The molecule has 0 unspecified atom stereocenters. The molecule has 2 fully saturated rings. The fourth-order valence-corrected chi connectivity index (χ4v) is 9.73. The summed E-state index contributed by atoms with van der Waals surface area (Å²) < 4.78 is 0. The van der Waals surface area contributed by atoms with E-state index in [0.29, 0.717) is 23.4 Å². The fourth-order valence-electron chi connectivity index (χ4n) is 8.38. The molecule has 1 aliphatic heterocycles. The van der Waals surface area contributed by atoms with E-state index < -0.39 is 22.7 Å². The summed E-state index contributed by atoms with van der Waals surface area (Å²) in [5.74, 6) is -2.25. The third-order valence-electron chi connectivity index (χ3n) is 9.79. The van der Waals surface area contributed by atoms with Crippen molar-refractivity contribution in [3.8, 4) is 6.07 Å². The molecular formula is C34H30N2O3S. The van der Waals surface area contributed by atoms with Gasteiger partial charge in [0.1, 0.15) is 11.1 Å². The van der Waals surface area contributed by atoms with Crippen LogP contribution in [0.3, 0.4) is 0 Å². The van der Waals surface area contributed by atoms with Crippen LogP contribution in [0.2, 0.25) is 0 Å². The maximum atomic E-state index is 14.8. The van der Waals surface area contributed by atoms with Gasteiger partial charge in [0.25, 0.3) is 0 Å². The highest BCUT2D eigenvalue weighted by atomic mass is 32.1. The number of Topliss-reactive ketones (excluding diaryl/α,β-unsaturated/α-hetero) is 1. The molecule has 0 radical (unpaired) electrons. The van der Waals surface area contributed by atoms with E-state index in [0.717, 1.165) is 58.4 Å². The number of fused-ring (bicyclic) bond motifs is 6. The molecule has 2 bridgehead atoms. The molecule has 7 rings (SSSR count). The zero-order valence-electron chi connectivity index (χ0n) is 22.7. The van der Waals surface area contributed by atoms with Crippen molar-refractivity contribution in [2.45, 2.75) is 52.4 Å². The average molecular weight is 547 g/mol. The van der Waals surface area contributed by atoms with Crippen molar-refractivity contribution >= 4 is 45.1 Å². The van der Waals surface area contributed by atoms with Crippen LogP contribution in [0.1, 0.15) is 66.7 Å². The number of hydrogen-bond donors (Lipinski definition) is 0. The average Bonchev–Trinajstić information content (AvgIpc) is 3.60. The summed E-state index contributed by atoms with van der Waals surface area (Å²) in [5, 5.41) is 10.6. The van der Waals surface area contributed by atoms with E-state index in [1.807, 2.05) is 74.5 Å². The minimum Gasteiger partial charge on any atom is -0.298 e. The van der Waals surface area contributed by atoms with Crippen LogP contribution in [0, 0.1) is 34.0 Å². The molecule has 2 amide bonds. The van der Waals surface area contributed by atoms with E-state index in [9.17, 15) is 19.6 Å². The first-order chi connectivity index (χ1) is 19.4. The van der Waals surface area contributed by atoms with E-state index in [1.165, 1.54) is 16.2 Å². The SMILES string of the molecule is CCC[C@@]12C(=O)[C@@](C)(C(c3ccccc3)=C1c1ccccc1)[C@@H]1C(=O)N(c3sc4c(c3C#N)CCCC4)C(=O)[C@H]12. The molecule has 1 aromatic heterocycles. The number of aryl methyl sites for hydroxylation is 1. The van der Waals surface area contributed by atoms with Gasteiger partial charge in [-0.15, -0.1) is 11.3 Å². The van der Waals surface area contributed by atoms with Crippen LogP contribution in [-0.2, 0) is 27.2 Å². The monoisotopic (exact) mass is 546 g/mol. The Bertz CT molecular complexity index is 1660. The first-order valence-electron chi connectivity index (χ1n) is 14.2. The summed E-state index contributed by atoms with van der Waals surface area (Å²) in [4.78, 5) is 46.3. The van der Waals surface area contributed by atoms with Crippen LogP contribution in [0.4, 0.5) is 5.00 Å². The van der Waals surface area contributed by atoms with Gasteiger partial charge >= 0.3 is 0 Å². The number of nitrogens with zero attached hydrogens (tertiary/aromatic N) is 2. The molecule has 40 heavy (non-hydrogen) atoms. The first-order valence-corrected chi connectivity index (χ1v) is 15.1. The van der Waals surface area contributed by atoms with E-state index in [2.05, 4.69) is 6.07 Å². The second kappa shape index (κ2) is 8.84. The van der Waals surface area contributed by atoms with E-state index in [-0.39, 0.29) is 17.6 Å². The lowest BCUT2D eigenvalue weighted by atomic mass is 9.61. The number of nitriles is 1. The molecule has 5 nitrogen and oxygen atoms in total. The Morgan fingerprint density at radius 2 is 1.50 bits per heavy atom. The Kier molecular flexibility index (Phi) is 5.56. The molecule has 1 saturated carbocycles. The Morgan fingerprint density at radius 3 is 2.12 bits per heavy atom. The Morgan fingerprint density at radius 1 is 0.900 bits per heavy atom. The topological polar surface area (TPSA) is 78.2 Å². The van der Waals surface area contributed by atoms with Gasteiger partial charge in [-0.2, -0.15) is 5.26 Å². The standard InChI is InChI=1S/C34H30N2O3S/c1-3-18-34-26(21-14-8-5-9-15-21)25(20-12-6-4-7-13-20)33(2,32(34)39)27-28(34)30(38)36(29(27)37)31-23(19-35)22-16-10-11-17-24(22)40-31/h4-9,12-15,27-28H,3,10-11,16-18H2,1-2H3/t27-,28-,33-,34+/m0/s1. The van der Waals surface area contributed by atoms with Crippen molar-refractivity contribution in [1.82, 2.24) is 0 Å². The Balaban J connectivity index is 1.49. The van der Waals surface area contributed by atoms with Crippen LogP contribution in [0.25, 0.3) is 11.1 Å². The summed E-state index contributed by atoms with van der Waals surface area (Å²) in [6.07, 6.45) is 4.89. The first kappa shape index (κ1) is 25.2. The number of rotatable bonds is 5. The molecular weight excluding hydrogens is 516 g/mol. The minimum atomic E-state index is -1.16. The van der Waals surface area contributed by atoms with Gasteiger partial charge in [0.15, 0.2) is 5.78 Å². The number of anilines is 1. The number of carbonyl (C=O) groups excluding carboxylic acids is 3. The number of thiophene rings is 1. The van der Waals surface area contributed by atoms with E-state index in [4.69, 9.17) is 0 Å². The van der Waals surface area contributed by atoms with Gasteiger partial charge in [0.05, 0.1) is 28.2 Å². The highest BCUT2D eigenvalue weighted by molar-refractivity contribution is 7.17. The molecule has 2 heterocycles. The second-order valence-corrected chi connectivity index (χ2v) is 12.8. The number of hydrogen-bond acceptors (Lipinski definition) is 5. The third kappa shape index (κ3) is 2.94. The largest absolute Gasteiger partial charge is 0.298 e. The van der Waals surface area contributed by atoms with Gasteiger partial charge in [-0.1, -0.05) is 74.0 Å². The highest BCUT2D eigenvalue weighted by Crippen LogP contribution is 2.75. The van der Waals surface area contributed by atoms with Crippen LogP contribution in [-0.4, -0.2) is 17.6 Å². The maximum Gasteiger partial charge on any atom is 0.239 e. The molecule has 0 spiro atoms. The van der Waals surface area contributed by atoms with Gasteiger partial charge in [0.2, 0.25) is 11.8 Å². The fraction of sp³-hybridized carbons (Fsp3) is 0.353. The van der Waals surface area contributed by atoms with Crippen molar-refractivity contribution in [2.75, 3.05) is 4.90 Å². The lowest BCUT2D eigenvalue weighted by molar-refractivity contribution is -0.134. The normalized spacial score (nSPS) is 28.7. The number of carbonyl (C=O) groups is 3. The molecule has 0 N–H and O–H groups in total. The Labute approximate surface area is 238 Å². The highest BCUT2D eigenvalue weighted by Gasteiger charge is 2.80. The predicted octanol–water partition coefficient (Wildman–Crippen LogP) is 6.60. The number of amides is 2. The Hall–Kier alpha value is -3.82. The van der Waals surface area contributed by atoms with Crippen LogP contribution in [0.15, 0.2) is 60.7 Å². The van der Waals surface area contributed by atoms with Gasteiger partial charge in [-0.3, -0.25) is 14.4 Å². The van der Waals surface area contributed by atoms with Gasteiger partial charge in [-0.05, 0) is 66.9 Å². The summed E-state index contributed by atoms with van der Waals surface area (Å²) in [7, 11) is 0. The zero-order chi connectivity index (χ0) is 27.8. The van der Waals surface area contributed by atoms with Gasteiger partial charge in [-0.25, -0.2) is 4.90 Å².